The summed E-state index contributed by atoms with van der Waals surface area (Å²) in [7, 11) is 3.65. The maximum atomic E-state index is 5.12. The molecule has 56 valence electrons. The highest BCUT2D eigenvalue weighted by atomic mass is 32.1. The number of thiol groups is 1. The van der Waals surface area contributed by atoms with Gasteiger partial charge >= 0.3 is 0 Å². The zero-order chi connectivity index (χ0) is 7.11. The molecule has 0 aromatic carbocycles. The van der Waals surface area contributed by atoms with Gasteiger partial charge in [0.15, 0.2) is 0 Å². The van der Waals surface area contributed by atoms with Crippen molar-refractivity contribution in [2.45, 2.75) is 12.5 Å². The summed E-state index contributed by atoms with van der Waals surface area (Å²) in [6.07, 6.45) is 1.34. The third-order valence-corrected chi connectivity index (χ3v) is 1.47. The zero-order valence-electron chi connectivity index (χ0n) is 6.05. The minimum Gasteiger partial charge on any atom is -0.380 e. The van der Waals surface area contributed by atoms with E-state index < -0.39 is 0 Å². The van der Waals surface area contributed by atoms with Crippen LogP contribution < -0.4 is 5.32 Å². The summed E-state index contributed by atoms with van der Waals surface area (Å²) in [5.74, 6) is 0.889. The van der Waals surface area contributed by atoms with Gasteiger partial charge < -0.3 is 10.1 Å². The number of hydrogen-bond acceptors (Lipinski definition) is 3. The molecule has 3 heteroatoms. The molecule has 1 N–H and O–H groups in total. The molecule has 0 aliphatic rings. The van der Waals surface area contributed by atoms with Gasteiger partial charge in [0.25, 0.3) is 0 Å². The summed E-state index contributed by atoms with van der Waals surface area (Å²) in [6, 6.07) is 0. The Kier molecular flexibility index (Phi) is 6.58. The van der Waals surface area contributed by atoms with Gasteiger partial charge in [-0.15, -0.1) is 0 Å². The van der Waals surface area contributed by atoms with Crippen molar-refractivity contribution < 1.29 is 4.74 Å². The van der Waals surface area contributed by atoms with E-state index in [1.165, 1.54) is 0 Å². The fourth-order valence-electron chi connectivity index (χ4n) is 0.675. The average molecular weight is 149 g/mol. The van der Waals surface area contributed by atoms with E-state index in [4.69, 9.17) is 4.74 Å². The van der Waals surface area contributed by atoms with Gasteiger partial charge in [-0.1, -0.05) is 0 Å². The molecule has 0 fully saturated rings. The SMILES string of the molecule is CNCC(CCS)OC. The molecule has 1 atom stereocenters. The molecule has 0 saturated carbocycles. The predicted octanol–water partition coefficient (Wildman–Crippen LogP) is 0.541. The Hall–Kier alpha value is 0.270. The van der Waals surface area contributed by atoms with Crippen LogP contribution in [0.4, 0.5) is 0 Å². The number of nitrogens with one attached hydrogen (secondary N) is 1. The van der Waals surface area contributed by atoms with Gasteiger partial charge in [-0.25, -0.2) is 0 Å². The molecule has 0 saturated heterocycles. The highest BCUT2D eigenvalue weighted by Crippen LogP contribution is 1.95. The van der Waals surface area contributed by atoms with Gasteiger partial charge in [-0.3, -0.25) is 0 Å². The highest BCUT2D eigenvalue weighted by molar-refractivity contribution is 7.80. The van der Waals surface area contributed by atoms with E-state index in [-0.39, 0.29) is 0 Å². The summed E-state index contributed by atoms with van der Waals surface area (Å²) in [5.41, 5.74) is 0. The second-order valence-corrected chi connectivity index (χ2v) is 2.37. The van der Waals surface area contributed by atoms with Crippen LogP contribution in [0.5, 0.6) is 0 Å². The molecule has 0 aromatic rings. The topological polar surface area (TPSA) is 21.3 Å². The number of likely N-dealkylation sites (N-methyl/N-ethyl adjacent to an activating group) is 1. The molecule has 0 bridgehead atoms. The minimum absolute atomic E-state index is 0.326. The van der Waals surface area contributed by atoms with E-state index in [9.17, 15) is 0 Å². The molecular weight excluding hydrogens is 134 g/mol. The zero-order valence-corrected chi connectivity index (χ0v) is 6.95. The fourth-order valence-corrected chi connectivity index (χ4v) is 0.963. The standard InChI is InChI=1S/C6H15NOS/c1-7-5-6(8-2)3-4-9/h6-7,9H,3-5H2,1-2H3. The van der Waals surface area contributed by atoms with Crippen molar-refractivity contribution >= 4 is 12.6 Å². The van der Waals surface area contributed by atoms with Crippen molar-refractivity contribution in [2.75, 3.05) is 26.5 Å². The molecule has 1 unspecified atom stereocenters. The van der Waals surface area contributed by atoms with Crippen molar-refractivity contribution in [2.24, 2.45) is 0 Å². The first-order chi connectivity index (χ1) is 4.35. The van der Waals surface area contributed by atoms with E-state index in [0.29, 0.717) is 6.10 Å². The summed E-state index contributed by atoms with van der Waals surface area (Å²) in [5, 5.41) is 3.04. The first-order valence-corrected chi connectivity index (χ1v) is 3.76. The lowest BCUT2D eigenvalue weighted by atomic mass is 10.3. The molecule has 0 aliphatic carbocycles. The molecule has 2 nitrogen and oxygen atoms in total. The smallest absolute Gasteiger partial charge is 0.0703 e. The Balaban J connectivity index is 3.18. The minimum atomic E-state index is 0.326. The lowest BCUT2D eigenvalue weighted by Crippen LogP contribution is -2.25. The predicted molar refractivity (Wildman–Crippen MR) is 43.2 cm³/mol. The molecule has 0 aliphatic heterocycles. The molecule has 9 heavy (non-hydrogen) atoms. The van der Waals surface area contributed by atoms with Gasteiger partial charge in [0.1, 0.15) is 0 Å². The van der Waals surface area contributed by atoms with Gasteiger partial charge in [-0.2, -0.15) is 12.6 Å². The normalized spacial score (nSPS) is 13.7. The maximum Gasteiger partial charge on any atom is 0.0703 e. The largest absolute Gasteiger partial charge is 0.380 e. The van der Waals surface area contributed by atoms with E-state index >= 15 is 0 Å². The summed E-state index contributed by atoms with van der Waals surface area (Å²) < 4.78 is 5.12. The van der Waals surface area contributed by atoms with Crippen LogP contribution in [0.1, 0.15) is 6.42 Å². The van der Waals surface area contributed by atoms with Gasteiger partial charge in [-0.05, 0) is 19.2 Å². The Bertz CT molecular complexity index is 55.0. The Labute approximate surface area is 62.4 Å². The second-order valence-electron chi connectivity index (χ2n) is 1.93. The fraction of sp³-hybridized carbons (Fsp3) is 1.00. The first-order valence-electron chi connectivity index (χ1n) is 3.13. The third-order valence-electron chi connectivity index (χ3n) is 1.22. The van der Waals surface area contributed by atoms with Crippen LogP contribution >= 0.6 is 12.6 Å². The monoisotopic (exact) mass is 149 g/mol. The van der Waals surface area contributed by atoms with Crippen LogP contribution in [-0.2, 0) is 4.74 Å². The lowest BCUT2D eigenvalue weighted by Gasteiger charge is -2.12. The number of ether oxygens (including phenoxy) is 1. The molecule has 0 amide bonds. The highest BCUT2D eigenvalue weighted by Gasteiger charge is 2.02. The Morgan fingerprint density at radius 2 is 2.33 bits per heavy atom. The number of rotatable bonds is 5. The lowest BCUT2D eigenvalue weighted by molar-refractivity contribution is 0.101. The summed E-state index contributed by atoms with van der Waals surface area (Å²) in [4.78, 5) is 0. The van der Waals surface area contributed by atoms with Crippen molar-refractivity contribution in [3.63, 3.8) is 0 Å². The molecular formula is C6H15NOS. The first kappa shape index (κ1) is 9.27. The molecule has 0 spiro atoms. The molecule has 0 heterocycles. The van der Waals surface area contributed by atoms with Crippen molar-refractivity contribution in [1.29, 1.82) is 0 Å². The van der Waals surface area contributed by atoms with Crippen LogP contribution in [0.3, 0.4) is 0 Å². The number of methoxy groups -OCH3 is 1. The van der Waals surface area contributed by atoms with Crippen LogP contribution in [-0.4, -0.2) is 32.6 Å². The van der Waals surface area contributed by atoms with E-state index in [1.807, 2.05) is 7.05 Å². The van der Waals surface area contributed by atoms with Crippen LogP contribution in [0, 0.1) is 0 Å². The quantitative estimate of drug-likeness (QED) is 0.557. The van der Waals surface area contributed by atoms with Crippen LogP contribution in [0.15, 0.2) is 0 Å². The van der Waals surface area contributed by atoms with Gasteiger partial charge in [0.2, 0.25) is 0 Å². The number of hydrogen-bond donors (Lipinski definition) is 2. The van der Waals surface area contributed by atoms with E-state index in [2.05, 4.69) is 17.9 Å². The van der Waals surface area contributed by atoms with Crippen molar-refractivity contribution in [3.05, 3.63) is 0 Å². The Morgan fingerprint density at radius 1 is 1.67 bits per heavy atom. The summed E-state index contributed by atoms with van der Waals surface area (Å²) >= 11 is 4.10. The van der Waals surface area contributed by atoms with Gasteiger partial charge in [0, 0.05) is 13.7 Å². The van der Waals surface area contributed by atoms with Crippen LogP contribution in [0.2, 0.25) is 0 Å². The second kappa shape index (κ2) is 6.39. The van der Waals surface area contributed by atoms with Crippen molar-refractivity contribution in [1.82, 2.24) is 5.32 Å². The maximum absolute atomic E-state index is 5.12. The van der Waals surface area contributed by atoms with Crippen LogP contribution in [0.25, 0.3) is 0 Å². The molecule has 0 aromatic heterocycles. The van der Waals surface area contributed by atoms with E-state index in [0.717, 1.165) is 18.7 Å². The van der Waals surface area contributed by atoms with Gasteiger partial charge in [0.05, 0.1) is 6.10 Å². The molecule has 0 rings (SSSR count). The average Bonchev–Trinajstić information content (AvgIpc) is 1.88. The van der Waals surface area contributed by atoms with E-state index in [1.54, 1.807) is 7.11 Å². The summed E-state index contributed by atoms with van der Waals surface area (Å²) in [6.45, 7) is 0.914. The third kappa shape index (κ3) is 4.75. The van der Waals surface area contributed by atoms with Crippen molar-refractivity contribution in [3.8, 4) is 0 Å². The molecule has 0 radical (unpaired) electrons. The Morgan fingerprint density at radius 3 is 2.67 bits per heavy atom.